The summed E-state index contributed by atoms with van der Waals surface area (Å²) < 4.78 is 5.70. The Kier molecular flexibility index (Phi) is 5.15. The van der Waals surface area contributed by atoms with Gasteiger partial charge in [-0.1, -0.05) is 18.2 Å². The van der Waals surface area contributed by atoms with E-state index in [1.54, 1.807) is 6.07 Å². The molecule has 1 unspecified atom stereocenters. The van der Waals surface area contributed by atoms with Crippen molar-refractivity contribution in [1.29, 1.82) is 0 Å². The quantitative estimate of drug-likeness (QED) is 0.877. The summed E-state index contributed by atoms with van der Waals surface area (Å²) in [5, 5.41) is 3.79. The standard InChI is InChI=1S/C18H23N3O3/c19-9-8-17(22)20-12-14-6-3-4-10-21(14)18(23)16-11-13-5-1-2-7-15(13)24-16/h1-2,5,7,11,14H,3-4,6,8-10,12,19H2,(H,20,22). The summed E-state index contributed by atoms with van der Waals surface area (Å²) >= 11 is 0. The van der Waals surface area contributed by atoms with Crippen LogP contribution in [0.15, 0.2) is 34.7 Å². The second kappa shape index (κ2) is 7.49. The number of nitrogens with zero attached hydrogens (tertiary/aromatic N) is 1. The predicted octanol–water partition coefficient (Wildman–Crippen LogP) is 1.89. The predicted molar refractivity (Wildman–Crippen MR) is 91.6 cm³/mol. The number of amides is 2. The van der Waals surface area contributed by atoms with E-state index in [9.17, 15) is 9.59 Å². The van der Waals surface area contributed by atoms with Gasteiger partial charge in [0.15, 0.2) is 5.76 Å². The van der Waals surface area contributed by atoms with Crippen LogP contribution in [-0.2, 0) is 4.79 Å². The number of carbonyl (C=O) groups excluding carboxylic acids is 2. The lowest BCUT2D eigenvalue weighted by atomic mass is 10.0. The molecule has 2 heterocycles. The molecule has 1 aliphatic rings. The molecule has 0 aliphatic carbocycles. The minimum atomic E-state index is -0.107. The van der Waals surface area contributed by atoms with E-state index >= 15 is 0 Å². The molecule has 1 aromatic carbocycles. The Balaban J connectivity index is 1.71. The Bertz CT molecular complexity index is 692. The van der Waals surface area contributed by atoms with Gasteiger partial charge in [0.1, 0.15) is 5.58 Å². The topological polar surface area (TPSA) is 88.6 Å². The van der Waals surface area contributed by atoms with Crippen molar-refractivity contribution in [2.75, 3.05) is 19.6 Å². The molecule has 1 atom stereocenters. The first kappa shape index (κ1) is 16.5. The first-order valence-corrected chi connectivity index (χ1v) is 8.45. The zero-order chi connectivity index (χ0) is 16.9. The number of fused-ring (bicyclic) bond motifs is 1. The largest absolute Gasteiger partial charge is 0.451 e. The number of hydrogen-bond donors (Lipinski definition) is 2. The molecule has 0 radical (unpaired) electrons. The van der Waals surface area contributed by atoms with Gasteiger partial charge in [-0.3, -0.25) is 9.59 Å². The Morgan fingerprint density at radius 2 is 2.12 bits per heavy atom. The molecule has 0 bridgehead atoms. The van der Waals surface area contributed by atoms with Crippen molar-refractivity contribution in [3.05, 3.63) is 36.1 Å². The molecule has 1 saturated heterocycles. The molecule has 2 amide bonds. The average molecular weight is 329 g/mol. The van der Waals surface area contributed by atoms with Crippen molar-refractivity contribution in [3.8, 4) is 0 Å². The lowest BCUT2D eigenvalue weighted by Crippen LogP contribution is -2.49. The zero-order valence-electron chi connectivity index (χ0n) is 13.7. The molecular formula is C18H23N3O3. The minimum absolute atomic E-state index is 0.00110. The summed E-state index contributed by atoms with van der Waals surface area (Å²) in [7, 11) is 0. The van der Waals surface area contributed by atoms with E-state index < -0.39 is 0 Å². The van der Waals surface area contributed by atoms with Crippen LogP contribution in [0, 0.1) is 0 Å². The highest BCUT2D eigenvalue weighted by molar-refractivity contribution is 5.96. The minimum Gasteiger partial charge on any atom is -0.451 e. The van der Waals surface area contributed by atoms with Gasteiger partial charge in [-0.15, -0.1) is 0 Å². The average Bonchev–Trinajstić information content (AvgIpc) is 3.04. The second-order valence-electron chi connectivity index (χ2n) is 6.14. The monoisotopic (exact) mass is 329 g/mol. The van der Waals surface area contributed by atoms with Gasteiger partial charge in [-0.2, -0.15) is 0 Å². The highest BCUT2D eigenvalue weighted by Gasteiger charge is 2.29. The third-order valence-electron chi connectivity index (χ3n) is 4.43. The second-order valence-corrected chi connectivity index (χ2v) is 6.14. The molecule has 24 heavy (non-hydrogen) atoms. The highest BCUT2D eigenvalue weighted by atomic mass is 16.3. The summed E-state index contributed by atoms with van der Waals surface area (Å²) in [4.78, 5) is 26.3. The first-order chi connectivity index (χ1) is 11.7. The van der Waals surface area contributed by atoms with Crippen LogP contribution < -0.4 is 11.1 Å². The van der Waals surface area contributed by atoms with Gasteiger partial charge in [0.05, 0.1) is 0 Å². The van der Waals surface area contributed by atoms with Crippen LogP contribution in [0.25, 0.3) is 11.0 Å². The van der Waals surface area contributed by atoms with Crippen molar-refractivity contribution in [3.63, 3.8) is 0 Å². The summed E-state index contributed by atoms with van der Waals surface area (Å²) in [6.45, 7) is 1.48. The van der Waals surface area contributed by atoms with Crippen LogP contribution >= 0.6 is 0 Å². The number of nitrogens with one attached hydrogen (secondary N) is 1. The lowest BCUT2D eigenvalue weighted by molar-refractivity contribution is -0.121. The first-order valence-electron chi connectivity index (χ1n) is 8.45. The molecule has 0 saturated carbocycles. The fourth-order valence-electron chi connectivity index (χ4n) is 3.16. The highest BCUT2D eigenvalue weighted by Crippen LogP contribution is 2.24. The number of benzene rings is 1. The number of nitrogens with two attached hydrogens (primary N) is 1. The van der Waals surface area contributed by atoms with E-state index in [1.807, 2.05) is 29.2 Å². The van der Waals surface area contributed by atoms with Gasteiger partial charge < -0.3 is 20.4 Å². The number of piperidine rings is 1. The van der Waals surface area contributed by atoms with Crippen LogP contribution in [0.2, 0.25) is 0 Å². The number of furan rings is 1. The van der Waals surface area contributed by atoms with E-state index in [-0.39, 0.29) is 17.9 Å². The number of likely N-dealkylation sites (tertiary alicyclic amines) is 1. The normalized spacial score (nSPS) is 17.9. The van der Waals surface area contributed by atoms with E-state index in [1.165, 1.54) is 0 Å². The van der Waals surface area contributed by atoms with Crippen molar-refractivity contribution >= 4 is 22.8 Å². The van der Waals surface area contributed by atoms with E-state index in [0.717, 1.165) is 24.6 Å². The summed E-state index contributed by atoms with van der Waals surface area (Å²) in [5.41, 5.74) is 6.10. The molecule has 3 N–H and O–H groups in total. The maximum absolute atomic E-state index is 12.8. The third-order valence-corrected chi connectivity index (χ3v) is 4.43. The SMILES string of the molecule is NCCC(=O)NCC1CCCCN1C(=O)c1cc2ccccc2o1. The molecule has 3 rings (SSSR count). The molecule has 1 fully saturated rings. The van der Waals surface area contributed by atoms with Crippen molar-refractivity contribution in [1.82, 2.24) is 10.2 Å². The molecule has 2 aromatic rings. The van der Waals surface area contributed by atoms with E-state index in [2.05, 4.69) is 5.32 Å². The van der Waals surface area contributed by atoms with Crippen LogP contribution in [0.5, 0.6) is 0 Å². The maximum atomic E-state index is 12.8. The molecule has 6 nitrogen and oxygen atoms in total. The molecule has 0 spiro atoms. The van der Waals surface area contributed by atoms with Gasteiger partial charge in [-0.25, -0.2) is 0 Å². The zero-order valence-corrected chi connectivity index (χ0v) is 13.7. The van der Waals surface area contributed by atoms with Crippen LogP contribution in [0.1, 0.15) is 36.2 Å². The number of hydrogen-bond acceptors (Lipinski definition) is 4. The Hall–Kier alpha value is -2.34. The molecule has 1 aromatic heterocycles. The summed E-state index contributed by atoms with van der Waals surface area (Å²) in [6, 6.07) is 9.38. The number of para-hydroxylation sites is 1. The smallest absolute Gasteiger partial charge is 0.289 e. The van der Waals surface area contributed by atoms with Gasteiger partial charge >= 0.3 is 0 Å². The fourth-order valence-corrected chi connectivity index (χ4v) is 3.16. The van der Waals surface area contributed by atoms with E-state index in [4.69, 9.17) is 10.2 Å². The number of carbonyl (C=O) groups is 2. The van der Waals surface area contributed by atoms with Gasteiger partial charge in [0.25, 0.3) is 5.91 Å². The van der Waals surface area contributed by atoms with Gasteiger partial charge in [0, 0.05) is 37.5 Å². The summed E-state index contributed by atoms with van der Waals surface area (Å²) in [5.74, 6) is 0.180. The lowest BCUT2D eigenvalue weighted by Gasteiger charge is -2.35. The van der Waals surface area contributed by atoms with Crippen LogP contribution in [0.4, 0.5) is 0 Å². The van der Waals surface area contributed by atoms with Gasteiger partial charge in [-0.05, 0) is 31.4 Å². The summed E-state index contributed by atoms with van der Waals surface area (Å²) in [6.07, 6.45) is 3.22. The Labute approximate surface area is 141 Å². The molecular weight excluding hydrogens is 306 g/mol. The van der Waals surface area contributed by atoms with E-state index in [0.29, 0.717) is 37.4 Å². The van der Waals surface area contributed by atoms with Crippen molar-refractivity contribution in [2.24, 2.45) is 5.73 Å². The molecule has 1 aliphatic heterocycles. The third kappa shape index (κ3) is 3.59. The Morgan fingerprint density at radius 3 is 2.92 bits per heavy atom. The maximum Gasteiger partial charge on any atom is 0.289 e. The van der Waals surface area contributed by atoms with Crippen LogP contribution in [0.3, 0.4) is 0 Å². The van der Waals surface area contributed by atoms with Crippen LogP contribution in [-0.4, -0.2) is 42.4 Å². The van der Waals surface area contributed by atoms with Crippen molar-refractivity contribution in [2.45, 2.75) is 31.7 Å². The molecule has 6 heteroatoms. The fraction of sp³-hybridized carbons (Fsp3) is 0.444. The van der Waals surface area contributed by atoms with Crippen molar-refractivity contribution < 1.29 is 14.0 Å². The molecule has 128 valence electrons. The Morgan fingerprint density at radius 1 is 1.29 bits per heavy atom. The van der Waals surface area contributed by atoms with Gasteiger partial charge in [0.2, 0.25) is 5.91 Å². The number of rotatable bonds is 5.